The maximum Gasteiger partial charge on any atom is 0.327 e. The van der Waals surface area contributed by atoms with Gasteiger partial charge < -0.3 is 41.7 Å². The summed E-state index contributed by atoms with van der Waals surface area (Å²) >= 11 is 0. The van der Waals surface area contributed by atoms with Crippen molar-refractivity contribution >= 4 is 88.0 Å². The highest BCUT2D eigenvalue weighted by molar-refractivity contribution is 7.86. The summed E-state index contributed by atoms with van der Waals surface area (Å²) in [6, 6.07) is -9.28. The van der Waals surface area contributed by atoms with E-state index in [1.165, 1.54) is 0 Å². The van der Waals surface area contributed by atoms with E-state index in [1.54, 1.807) is 21.3 Å². The molecule has 322 valence electrons. The summed E-state index contributed by atoms with van der Waals surface area (Å²) in [5.41, 5.74) is 0. The van der Waals surface area contributed by atoms with Gasteiger partial charge in [0, 0.05) is 13.1 Å². The molecule has 0 spiro atoms. The Kier molecular flexibility index (Phi) is 19.8. The maximum atomic E-state index is 12.7. The number of carbonyl (C=O) groups is 8. The molecule has 0 aliphatic carbocycles. The molecule has 0 aromatic carbocycles. The number of hydrogen-bond acceptors (Lipinski definition) is 18. The van der Waals surface area contributed by atoms with Crippen LogP contribution in [0.1, 0.15) is 0 Å². The molecule has 0 aliphatic heterocycles. The van der Waals surface area contributed by atoms with Gasteiger partial charge in [-0.25, -0.2) is 19.2 Å². The second-order valence-electron chi connectivity index (χ2n) is 11.2. The molecule has 4 amide bonds. The Bertz CT molecular complexity index is 1680. The minimum atomic E-state index is -5.04. The van der Waals surface area contributed by atoms with Crippen molar-refractivity contribution in [2.45, 2.75) is 24.2 Å². The van der Waals surface area contributed by atoms with Gasteiger partial charge >= 0.3 is 23.9 Å². The molecule has 0 aromatic rings. The normalized spacial score (nSPS) is 14.5. The monoisotopic (exact) mass is 896 g/mol. The lowest BCUT2D eigenvalue weighted by atomic mass is 10.3. The van der Waals surface area contributed by atoms with E-state index in [0.717, 1.165) is 0 Å². The summed E-state index contributed by atoms with van der Waals surface area (Å²) in [6.45, 7) is -6.31. The summed E-state index contributed by atoms with van der Waals surface area (Å²) in [5.74, 6) is -20.1. The lowest BCUT2D eigenvalue weighted by Crippen LogP contribution is -2.54. The molecule has 4 unspecified atom stereocenters. The molecule has 0 fully saturated rings. The summed E-state index contributed by atoms with van der Waals surface area (Å²) in [6.07, 6.45) is 0. The minimum Gasteiger partial charge on any atom is -0.480 e. The highest BCUT2D eigenvalue weighted by Crippen LogP contribution is 2.01. The van der Waals surface area contributed by atoms with Crippen molar-refractivity contribution in [2.24, 2.45) is 0 Å². The predicted molar refractivity (Wildman–Crippen MR) is 177 cm³/mol. The molecule has 30 nitrogen and oxygen atoms in total. The minimum absolute atomic E-state index is 0.642. The van der Waals surface area contributed by atoms with Crippen molar-refractivity contribution < 1.29 is 111 Å². The summed E-state index contributed by atoms with van der Waals surface area (Å²) in [7, 11) is -20.2. The molecule has 56 heavy (non-hydrogen) atoms. The third kappa shape index (κ3) is 24.7. The maximum absolute atomic E-state index is 12.7. The third-order valence-electron chi connectivity index (χ3n) is 6.24. The molecular weight excluding hydrogens is 861 g/mol. The number of carboxylic acid groups (broad SMARTS) is 4. The Morgan fingerprint density at radius 1 is 0.375 bits per heavy atom. The van der Waals surface area contributed by atoms with Gasteiger partial charge in [0.2, 0.25) is 23.6 Å². The van der Waals surface area contributed by atoms with Crippen LogP contribution < -0.4 is 21.3 Å². The number of rotatable bonds is 27. The van der Waals surface area contributed by atoms with Crippen molar-refractivity contribution in [3.05, 3.63) is 0 Å². The largest absolute Gasteiger partial charge is 0.480 e. The fourth-order valence-corrected chi connectivity index (χ4v) is 6.61. The highest BCUT2D eigenvalue weighted by Gasteiger charge is 2.31. The lowest BCUT2D eigenvalue weighted by molar-refractivity contribution is -0.142. The topological polar surface area (TPSA) is 490 Å². The predicted octanol–water partition coefficient (Wildman–Crippen LogP) is -8.58. The first-order chi connectivity index (χ1) is 25.2. The standard InChI is InChI=1S/C22H36N6O24S4/c29-15(23-11(19(33)34)7-53(41,42)43)3-27(4-16(30)24-12(20(35)36)8-54(44,45)46)1-2-28(5-17(31)25-13(21(37)38)9-55(47,48)49)6-18(32)26-14(22(39)40)10-56(50,51)52/h11-14H,1-10H2,(H,23,29)(H,24,30)(H,25,31)(H,26,32)(H,33,34)(H,35,36)(H,37,38)(H,39,40)(H,41,42,43)(H,44,45,46)(H,47,48,49)(H,50,51,52). The van der Waals surface area contributed by atoms with Crippen molar-refractivity contribution in [3.63, 3.8) is 0 Å². The van der Waals surface area contributed by atoms with Crippen LogP contribution >= 0.6 is 0 Å². The zero-order chi connectivity index (χ0) is 44.0. The van der Waals surface area contributed by atoms with Crippen LogP contribution in [-0.4, -0.2) is 216 Å². The van der Waals surface area contributed by atoms with Gasteiger partial charge in [-0.3, -0.25) is 47.2 Å². The first-order valence-electron chi connectivity index (χ1n) is 14.5. The van der Waals surface area contributed by atoms with Gasteiger partial charge in [-0.1, -0.05) is 0 Å². The Labute approximate surface area is 315 Å². The first kappa shape index (κ1) is 51.3. The summed E-state index contributed by atoms with van der Waals surface area (Å²) in [5, 5.41) is 43.6. The number of aliphatic carboxylic acids is 4. The molecule has 0 heterocycles. The van der Waals surface area contributed by atoms with Crippen LogP contribution in [0, 0.1) is 0 Å². The van der Waals surface area contributed by atoms with E-state index in [2.05, 4.69) is 0 Å². The molecule has 34 heteroatoms. The van der Waals surface area contributed by atoms with E-state index < -0.39 is 174 Å². The van der Waals surface area contributed by atoms with Crippen LogP contribution in [0.2, 0.25) is 0 Å². The van der Waals surface area contributed by atoms with Crippen LogP contribution in [0.25, 0.3) is 0 Å². The Hall–Kier alpha value is -4.68. The first-order valence-corrected chi connectivity index (χ1v) is 20.9. The van der Waals surface area contributed by atoms with Crippen LogP contribution in [0.4, 0.5) is 0 Å². The fraction of sp³-hybridized carbons (Fsp3) is 0.636. The molecule has 0 radical (unpaired) electrons. The molecule has 0 saturated carbocycles. The zero-order valence-corrected chi connectivity index (χ0v) is 31.3. The van der Waals surface area contributed by atoms with Gasteiger partial charge in [-0.05, 0) is 0 Å². The zero-order valence-electron chi connectivity index (χ0n) is 28.0. The van der Waals surface area contributed by atoms with Gasteiger partial charge in [-0.15, -0.1) is 0 Å². The fourth-order valence-electron chi connectivity index (χ4n) is 4.02. The summed E-state index contributed by atoms with van der Waals surface area (Å²) < 4.78 is 126. The average Bonchev–Trinajstić information content (AvgIpc) is 2.95. The quantitative estimate of drug-likeness (QED) is 0.0341. The van der Waals surface area contributed by atoms with Crippen molar-refractivity contribution in [1.29, 1.82) is 0 Å². The lowest BCUT2D eigenvalue weighted by Gasteiger charge is -2.28. The van der Waals surface area contributed by atoms with E-state index >= 15 is 0 Å². The van der Waals surface area contributed by atoms with Gasteiger partial charge in [0.05, 0.1) is 26.2 Å². The van der Waals surface area contributed by atoms with E-state index in [-0.39, 0.29) is 0 Å². The average molecular weight is 897 g/mol. The molecule has 0 rings (SSSR count). The summed E-state index contributed by atoms with van der Waals surface area (Å²) in [4.78, 5) is 98.0. The SMILES string of the molecule is O=C(CN(CCN(CC(=O)NC(CS(=O)(=O)O)C(=O)O)CC(=O)NC(CS(=O)(=O)O)C(=O)O)CC(=O)NC(CS(=O)(=O)O)C(=O)O)NC(CS(=O)(=O)O)C(=O)O. The third-order valence-corrected chi connectivity index (χ3v) is 9.26. The van der Waals surface area contributed by atoms with Gasteiger partial charge in [0.1, 0.15) is 47.2 Å². The van der Waals surface area contributed by atoms with Crippen molar-refractivity contribution in [3.8, 4) is 0 Å². The second kappa shape index (κ2) is 21.6. The van der Waals surface area contributed by atoms with Gasteiger partial charge in [0.15, 0.2) is 0 Å². The van der Waals surface area contributed by atoms with Crippen molar-refractivity contribution in [1.82, 2.24) is 31.1 Å². The Morgan fingerprint density at radius 3 is 0.661 bits per heavy atom. The smallest absolute Gasteiger partial charge is 0.327 e. The molecule has 0 saturated heterocycles. The number of nitrogens with one attached hydrogen (secondary N) is 4. The number of amides is 4. The van der Waals surface area contributed by atoms with E-state index in [0.29, 0.717) is 9.80 Å². The molecule has 4 atom stereocenters. The van der Waals surface area contributed by atoms with E-state index in [1.807, 2.05) is 0 Å². The molecule has 0 aliphatic rings. The molecule has 12 N–H and O–H groups in total. The number of nitrogens with zero attached hydrogens (tertiary/aromatic N) is 2. The van der Waals surface area contributed by atoms with Crippen LogP contribution in [0.15, 0.2) is 0 Å². The Morgan fingerprint density at radius 2 is 0.536 bits per heavy atom. The molecular formula is C22H36N6O24S4. The van der Waals surface area contributed by atoms with Crippen LogP contribution in [0.5, 0.6) is 0 Å². The molecule has 0 bridgehead atoms. The number of carboxylic acids is 4. The van der Waals surface area contributed by atoms with Crippen LogP contribution in [0.3, 0.4) is 0 Å². The number of hydrogen-bond donors (Lipinski definition) is 12. The molecule has 0 aromatic heterocycles. The van der Waals surface area contributed by atoms with E-state index in [9.17, 15) is 92.5 Å². The van der Waals surface area contributed by atoms with E-state index in [4.69, 9.17) is 18.2 Å². The van der Waals surface area contributed by atoms with Gasteiger partial charge in [0.25, 0.3) is 40.5 Å². The number of carbonyl (C=O) groups excluding carboxylic acids is 4. The van der Waals surface area contributed by atoms with Gasteiger partial charge in [-0.2, -0.15) is 33.7 Å². The Balaban J connectivity index is 6.66. The second-order valence-corrected chi connectivity index (χ2v) is 17.2. The highest BCUT2D eigenvalue weighted by atomic mass is 32.2. The van der Waals surface area contributed by atoms with Crippen LogP contribution in [-0.2, 0) is 78.8 Å². The van der Waals surface area contributed by atoms with Crippen molar-refractivity contribution in [2.75, 3.05) is 62.3 Å².